The summed E-state index contributed by atoms with van der Waals surface area (Å²) in [6.07, 6.45) is 0.00489. The highest BCUT2D eigenvalue weighted by Crippen LogP contribution is 2.29. The first kappa shape index (κ1) is 26.6. The molecular formula is C23H37N3O5. The van der Waals surface area contributed by atoms with Crippen molar-refractivity contribution >= 4 is 23.4 Å². The number of para-hydroxylation sites is 1. The summed E-state index contributed by atoms with van der Waals surface area (Å²) in [5.41, 5.74) is 1.26. The number of hydrogen-bond acceptors (Lipinski definition) is 5. The van der Waals surface area contributed by atoms with E-state index in [-0.39, 0.29) is 11.5 Å². The van der Waals surface area contributed by atoms with Crippen molar-refractivity contribution in [2.45, 2.75) is 78.7 Å². The van der Waals surface area contributed by atoms with Gasteiger partial charge in [0, 0.05) is 18.9 Å². The van der Waals surface area contributed by atoms with Gasteiger partial charge >= 0.3 is 11.8 Å². The number of benzene rings is 1. The van der Waals surface area contributed by atoms with Crippen molar-refractivity contribution in [2.75, 3.05) is 18.5 Å². The maximum atomic E-state index is 12.6. The first-order chi connectivity index (χ1) is 14.5. The second-order valence-electron chi connectivity index (χ2n) is 8.25. The topological polar surface area (TPSA) is 106 Å². The monoisotopic (exact) mass is 435 g/mol. The van der Waals surface area contributed by atoms with E-state index in [2.05, 4.69) is 16.0 Å². The molecule has 1 aromatic carbocycles. The van der Waals surface area contributed by atoms with E-state index in [4.69, 9.17) is 9.47 Å². The van der Waals surface area contributed by atoms with Crippen LogP contribution in [0.1, 0.15) is 60.5 Å². The van der Waals surface area contributed by atoms with E-state index in [1.807, 2.05) is 53.7 Å². The summed E-state index contributed by atoms with van der Waals surface area (Å²) in [5, 5.41) is 7.91. The molecule has 2 atom stereocenters. The van der Waals surface area contributed by atoms with Gasteiger partial charge in [0.2, 0.25) is 5.91 Å². The van der Waals surface area contributed by atoms with E-state index in [1.54, 1.807) is 12.1 Å². The summed E-state index contributed by atoms with van der Waals surface area (Å²) in [7, 11) is 0. The minimum Gasteiger partial charge on any atom is -0.351 e. The molecule has 3 amide bonds. The van der Waals surface area contributed by atoms with Gasteiger partial charge in [-0.1, -0.05) is 45.9 Å². The molecule has 0 bridgehead atoms. The van der Waals surface area contributed by atoms with Crippen LogP contribution in [0.15, 0.2) is 24.3 Å². The van der Waals surface area contributed by atoms with Gasteiger partial charge in [0.1, 0.15) is 6.04 Å². The van der Waals surface area contributed by atoms with E-state index >= 15 is 0 Å². The molecule has 0 radical (unpaired) electrons. The predicted octanol–water partition coefficient (Wildman–Crippen LogP) is 2.72. The van der Waals surface area contributed by atoms with E-state index in [0.717, 1.165) is 5.56 Å². The van der Waals surface area contributed by atoms with E-state index < -0.39 is 30.1 Å². The van der Waals surface area contributed by atoms with Crippen LogP contribution in [-0.4, -0.2) is 49.3 Å². The van der Waals surface area contributed by atoms with Gasteiger partial charge in [-0.3, -0.25) is 14.4 Å². The highest BCUT2D eigenvalue weighted by molar-refractivity contribution is 6.40. The van der Waals surface area contributed by atoms with Crippen LogP contribution in [0.5, 0.6) is 0 Å². The Kier molecular flexibility index (Phi) is 10.6. The zero-order chi connectivity index (χ0) is 23.6. The molecule has 0 aliphatic rings. The Bertz CT molecular complexity index is 739. The van der Waals surface area contributed by atoms with Gasteiger partial charge in [0.25, 0.3) is 0 Å². The highest BCUT2D eigenvalue weighted by atomic mass is 16.7. The third-order valence-electron chi connectivity index (χ3n) is 4.69. The molecule has 2 unspecified atom stereocenters. The van der Waals surface area contributed by atoms with Crippen LogP contribution < -0.4 is 16.0 Å². The Morgan fingerprint density at radius 2 is 1.52 bits per heavy atom. The molecule has 31 heavy (non-hydrogen) atoms. The SMILES string of the molecule is CCOC(OCC)C(CC)NC(=O)C(C)NC(=O)C(=O)Nc1ccccc1C(C)(C)C. The van der Waals surface area contributed by atoms with Crippen LogP contribution >= 0.6 is 0 Å². The third-order valence-corrected chi connectivity index (χ3v) is 4.69. The minimum absolute atomic E-state index is 0.208. The normalized spacial score (nSPS) is 13.4. The van der Waals surface area contributed by atoms with Gasteiger partial charge in [-0.2, -0.15) is 0 Å². The van der Waals surface area contributed by atoms with Crippen molar-refractivity contribution in [3.05, 3.63) is 29.8 Å². The summed E-state index contributed by atoms with van der Waals surface area (Å²) in [6.45, 7) is 14.1. The predicted molar refractivity (Wildman–Crippen MR) is 121 cm³/mol. The fourth-order valence-electron chi connectivity index (χ4n) is 3.03. The molecule has 0 saturated heterocycles. The molecule has 0 aliphatic heterocycles. The van der Waals surface area contributed by atoms with Gasteiger partial charge in [-0.25, -0.2) is 0 Å². The second kappa shape index (κ2) is 12.4. The molecule has 0 spiro atoms. The molecule has 8 heteroatoms. The fourth-order valence-corrected chi connectivity index (χ4v) is 3.03. The molecule has 0 heterocycles. The Hall–Kier alpha value is -2.45. The lowest BCUT2D eigenvalue weighted by atomic mass is 9.86. The maximum Gasteiger partial charge on any atom is 0.313 e. The van der Waals surface area contributed by atoms with Crippen LogP contribution in [0.4, 0.5) is 5.69 Å². The molecule has 0 aromatic heterocycles. The van der Waals surface area contributed by atoms with E-state index in [9.17, 15) is 14.4 Å². The molecule has 1 rings (SSSR count). The second-order valence-corrected chi connectivity index (χ2v) is 8.25. The van der Waals surface area contributed by atoms with Crippen LogP contribution in [0.3, 0.4) is 0 Å². The van der Waals surface area contributed by atoms with Gasteiger partial charge in [0.05, 0.1) is 6.04 Å². The first-order valence-electron chi connectivity index (χ1n) is 10.8. The number of ether oxygens (including phenoxy) is 2. The minimum atomic E-state index is -0.908. The zero-order valence-corrected chi connectivity index (χ0v) is 19.7. The number of carbonyl (C=O) groups excluding carboxylic acids is 3. The molecule has 3 N–H and O–H groups in total. The average Bonchev–Trinajstić information content (AvgIpc) is 2.71. The van der Waals surface area contributed by atoms with Crippen molar-refractivity contribution < 1.29 is 23.9 Å². The molecule has 1 aromatic rings. The van der Waals surface area contributed by atoms with Gasteiger partial charge in [0.15, 0.2) is 6.29 Å². The Morgan fingerprint density at radius 1 is 0.935 bits per heavy atom. The lowest BCUT2D eigenvalue weighted by Gasteiger charge is -2.28. The summed E-state index contributed by atoms with van der Waals surface area (Å²) in [4.78, 5) is 37.3. The van der Waals surface area contributed by atoms with Crippen molar-refractivity contribution in [3.8, 4) is 0 Å². The van der Waals surface area contributed by atoms with Crippen LogP contribution in [0.25, 0.3) is 0 Å². The maximum absolute atomic E-state index is 12.6. The molecule has 0 saturated carbocycles. The van der Waals surface area contributed by atoms with Crippen LogP contribution in [0.2, 0.25) is 0 Å². The zero-order valence-electron chi connectivity index (χ0n) is 19.7. The van der Waals surface area contributed by atoms with Crippen molar-refractivity contribution in [1.82, 2.24) is 10.6 Å². The number of rotatable bonds is 10. The number of amides is 3. The lowest BCUT2D eigenvalue weighted by molar-refractivity contribution is -0.159. The summed E-state index contributed by atoms with van der Waals surface area (Å²) in [6, 6.07) is 6.03. The Balaban J connectivity index is 2.74. The van der Waals surface area contributed by atoms with Gasteiger partial charge < -0.3 is 25.4 Å². The van der Waals surface area contributed by atoms with Gasteiger partial charge in [-0.15, -0.1) is 0 Å². The standard InChI is InChI=1S/C23H37N3O5/c1-8-17(22(30-9-2)31-10-3)25-19(27)15(4)24-20(28)21(29)26-18-14-12-11-13-16(18)23(5,6)7/h11-15,17,22H,8-10H2,1-7H3,(H,24,28)(H,25,27)(H,26,29). The van der Waals surface area contributed by atoms with E-state index in [0.29, 0.717) is 25.3 Å². The Labute approximate surface area is 185 Å². The molecule has 0 fully saturated rings. The Morgan fingerprint density at radius 3 is 2.03 bits per heavy atom. The van der Waals surface area contributed by atoms with Crippen molar-refractivity contribution in [1.29, 1.82) is 0 Å². The molecule has 8 nitrogen and oxygen atoms in total. The third kappa shape index (κ3) is 8.30. The number of anilines is 1. The average molecular weight is 436 g/mol. The highest BCUT2D eigenvalue weighted by Gasteiger charge is 2.27. The molecule has 174 valence electrons. The molecule has 0 aliphatic carbocycles. The first-order valence-corrected chi connectivity index (χ1v) is 10.8. The molecular weight excluding hydrogens is 398 g/mol. The fraction of sp³-hybridized carbons (Fsp3) is 0.609. The smallest absolute Gasteiger partial charge is 0.313 e. The lowest BCUT2D eigenvalue weighted by Crippen LogP contribution is -2.53. The largest absolute Gasteiger partial charge is 0.351 e. The van der Waals surface area contributed by atoms with Crippen molar-refractivity contribution in [2.24, 2.45) is 0 Å². The number of hydrogen-bond donors (Lipinski definition) is 3. The van der Waals surface area contributed by atoms with E-state index in [1.165, 1.54) is 6.92 Å². The van der Waals surface area contributed by atoms with Gasteiger partial charge in [-0.05, 0) is 44.2 Å². The number of nitrogens with one attached hydrogen (secondary N) is 3. The summed E-state index contributed by atoms with van der Waals surface area (Å²) < 4.78 is 11.1. The van der Waals surface area contributed by atoms with Crippen LogP contribution in [0, 0.1) is 0 Å². The number of carbonyl (C=O) groups is 3. The van der Waals surface area contributed by atoms with Crippen molar-refractivity contribution in [3.63, 3.8) is 0 Å². The quantitative estimate of drug-likeness (QED) is 0.387. The summed E-state index contributed by atoms with van der Waals surface area (Å²) >= 11 is 0. The van der Waals surface area contributed by atoms with Crippen LogP contribution in [-0.2, 0) is 29.3 Å². The summed E-state index contributed by atoms with van der Waals surface area (Å²) in [5.74, 6) is -2.14.